The minimum Gasteiger partial charge on any atom is -0.487 e. The van der Waals surface area contributed by atoms with Crippen LogP contribution in [0, 0.1) is 10.1 Å². The lowest BCUT2D eigenvalue weighted by molar-refractivity contribution is -0.385. The molecule has 0 aliphatic carbocycles. The Morgan fingerprint density at radius 2 is 1.79 bits per heavy atom. The van der Waals surface area contributed by atoms with Gasteiger partial charge in [-0.25, -0.2) is 0 Å². The van der Waals surface area contributed by atoms with Crippen molar-refractivity contribution >= 4 is 23.2 Å². The molecular weight excluding hydrogens is 366 g/mol. The second kappa shape index (κ2) is 9.36. The Balaban J connectivity index is 2.05. The van der Waals surface area contributed by atoms with Gasteiger partial charge < -0.3 is 19.7 Å². The first-order valence-corrected chi connectivity index (χ1v) is 8.47. The number of rotatable bonds is 8. The van der Waals surface area contributed by atoms with Gasteiger partial charge in [0, 0.05) is 31.4 Å². The van der Waals surface area contributed by atoms with Crippen LogP contribution in [0.2, 0.25) is 0 Å². The van der Waals surface area contributed by atoms with Gasteiger partial charge in [0.05, 0.1) is 11.5 Å². The van der Waals surface area contributed by atoms with Gasteiger partial charge in [0.2, 0.25) is 0 Å². The average molecular weight is 387 g/mol. The molecule has 0 saturated heterocycles. The van der Waals surface area contributed by atoms with Crippen molar-refractivity contribution in [3.63, 3.8) is 0 Å². The highest BCUT2D eigenvalue weighted by atomic mass is 16.6. The Morgan fingerprint density at radius 1 is 1.11 bits per heavy atom. The second-order valence-corrected chi connectivity index (χ2v) is 5.93. The summed E-state index contributed by atoms with van der Waals surface area (Å²) in [6.07, 6.45) is 0. The van der Waals surface area contributed by atoms with Crippen molar-refractivity contribution in [3.05, 3.63) is 58.1 Å². The highest BCUT2D eigenvalue weighted by molar-refractivity contribution is 6.04. The molecule has 0 aliphatic rings. The molecule has 0 radical (unpaired) electrons. The van der Waals surface area contributed by atoms with E-state index >= 15 is 0 Å². The Morgan fingerprint density at radius 3 is 2.36 bits per heavy atom. The number of carbonyl (C=O) groups is 2. The molecule has 0 aromatic heterocycles. The van der Waals surface area contributed by atoms with Gasteiger partial charge in [-0.15, -0.1) is 0 Å². The third kappa shape index (κ3) is 5.44. The highest BCUT2D eigenvalue weighted by Gasteiger charge is 2.18. The summed E-state index contributed by atoms with van der Waals surface area (Å²) in [6, 6.07) is 10.5. The molecule has 2 aromatic rings. The molecule has 0 fully saturated rings. The van der Waals surface area contributed by atoms with Crippen molar-refractivity contribution in [1.82, 2.24) is 4.90 Å². The van der Waals surface area contributed by atoms with E-state index in [1.807, 2.05) is 0 Å². The summed E-state index contributed by atoms with van der Waals surface area (Å²) in [4.78, 5) is 35.9. The summed E-state index contributed by atoms with van der Waals surface area (Å²) in [5, 5.41) is 13.8. The lowest BCUT2D eigenvalue weighted by Crippen LogP contribution is -2.27. The molecule has 2 rings (SSSR count). The van der Waals surface area contributed by atoms with E-state index in [2.05, 4.69) is 5.32 Å². The zero-order valence-electron chi connectivity index (χ0n) is 15.8. The van der Waals surface area contributed by atoms with Crippen molar-refractivity contribution in [2.24, 2.45) is 0 Å². The van der Waals surface area contributed by atoms with Gasteiger partial charge in [-0.2, -0.15) is 0 Å². The number of amides is 2. The Hall–Kier alpha value is -3.62. The summed E-state index contributed by atoms with van der Waals surface area (Å²) in [5.74, 6) is -0.0835. The molecule has 0 atom stereocenters. The molecule has 2 aromatic carbocycles. The number of nitro benzene ring substituents is 1. The second-order valence-electron chi connectivity index (χ2n) is 5.93. The van der Waals surface area contributed by atoms with Gasteiger partial charge >= 0.3 is 5.69 Å². The van der Waals surface area contributed by atoms with E-state index in [4.69, 9.17) is 9.47 Å². The molecule has 0 saturated carbocycles. The molecular formula is C19H21N3O6. The minimum absolute atomic E-state index is 0.0887. The normalized spacial score (nSPS) is 10.1. The largest absolute Gasteiger partial charge is 0.487 e. The van der Waals surface area contributed by atoms with Crippen molar-refractivity contribution in [2.45, 2.75) is 6.92 Å². The number of nitro groups is 1. The van der Waals surface area contributed by atoms with Crippen molar-refractivity contribution in [2.75, 3.05) is 32.6 Å². The van der Waals surface area contributed by atoms with E-state index in [9.17, 15) is 19.7 Å². The predicted molar refractivity (Wildman–Crippen MR) is 103 cm³/mol. The molecule has 1 N–H and O–H groups in total. The molecule has 9 heteroatoms. The van der Waals surface area contributed by atoms with Gasteiger partial charge in [0.1, 0.15) is 5.75 Å². The van der Waals surface area contributed by atoms with E-state index in [0.717, 1.165) is 0 Å². The maximum atomic E-state index is 12.4. The Bertz CT molecular complexity index is 864. The summed E-state index contributed by atoms with van der Waals surface area (Å²) in [7, 11) is 3.27. The van der Waals surface area contributed by atoms with Crippen molar-refractivity contribution in [1.29, 1.82) is 0 Å². The zero-order valence-corrected chi connectivity index (χ0v) is 15.8. The van der Waals surface area contributed by atoms with E-state index in [-0.39, 0.29) is 36.1 Å². The van der Waals surface area contributed by atoms with Crippen molar-refractivity contribution in [3.8, 4) is 11.5 Å². The van der Waals surface area contributed by atoms with Gasteiger partial charge in [-0.3, -0.25) is 19.7 Å². The first-order chi connectivity index (χ1) is 13.3. The number of nitrogens with one attached hydrogen (secondary N) is 1. The van der Waals surface area contributed by atoms with E-state index in [0.29, 0.717) is 11.4 Å². The number of likely N-dealkylation sites (N-methyl/N-ethyl adjacent to an activating group) is 1. The number of hydrogen-bond acceptors (Lipinski definition) is 6. The molecule has 0 unspecified atom stereocenters. The van der Waals surface area contributed by atoms with Crippen LogP contribution in [0.25, 0.3) is 0 Å². The quantitative estimate of drug-likeness (QED) is 0.551. The number of ether oxygens (including phenoxy) is 2. The van der Waals surface area contributed by atoms with Crippen LogP contribution in [0.1, 0.15) is 17.3 Å². The van der Waals surface area contributed by atoms with Crippen LogP contribution in [0.15, 0.2) is 42.5 Å². The van der Waals surface area contributed by atoms with Gasteiger partial charge in [0.25, 0.3) is 11.8 Å². The summed E-state index contributed by atoms with van der Waals surface area (Å²) >= 11 is 0. The van der Waals surface area contributed by atoms with Gasteiger partial charge in [-0.05, 0) is 43.3 Å². The van der Waals surface area contributed by atoms with E-state index < -0.39 is 10.8 Å². The fraction of sp³-hybridized carbons (Fsp3) is 0.263. The SMILES string of the molecule is CCOc1ccc(C(=O)Nc2ccc(OCC(=O)N(C)C)cc2)cc1[N+](=O)[O-]. The number of carbonyl (C=O) groups excluding carboxylic acids is 2. The molecule has 9 nitrogen and oxygen atoms in total. The molecule has 148 valence electrons. The third-order valence-corrected chi connectivity index (χ3v) is 3.69. The smallest absolute Gasteiger partial charge is 0.311 e. The maximum Gasteiger partial charge on any atom is 0.311 e. The van der Waals surface area contributed by atoms with Gasteiger partial charge in [-0.1, -0.05) is 0 Å². The van der Waals surface area contributed by atoms with E-state index in [1.54, 1.807) is 45.3 Å². The minimum atomic E-state index is -0.594. The topological polar surface area (TPSA) is 111 Å². The molecule has 0 spiro atoms. The molecule has 28 heavy (non-hydrogen) atoms. The van der Waals surface area contributed by atoms with Crippen LogP contribution in [0.3, 0.4) is 0 Å². The van der Waals surface area contributed by atoms with Gasteiger partial charge in [0.15, 0.2) is 12.4 Å². The number of hydrogen-bond donors (Lipinski definition) is 1. The average Bonchev–Trinajstić information content (AvgIpc) is 2.67. The third-order valence-electron chi connectivity index (χ3n) is 3.69. The van der Waals surface area contributed by atoms with Crippen LogP contribution >= 0.6 is 0 Å². The number of benzene rings is 2. The van der Waals surface area contributed by atoms with Crippen LogP contribution in [-0.4, -0.2) is 48.9 Å². The molecule has 0 bridgehead atoms. The predicted octanol–water partition coefficient (Wildman–Crippen LogP) is 2.71. The Kier molecular flexibility index (Phi) is 6.91. The fourth-order valence-electron chi connectivity index (χ4n) is 2.19. The van der Waals surface area contributed by atoms with Crippen LogP contribution in [0.5, 0.6) is 11.5 Å². The molecule has 0 aliphatic heterocycles. The summed E-state index contributed by atoms with van der Waals surface area (Å²) in [5.41, 5.74) is 0.337. The van der Waals surface area contributed by atoms with Crippen LogP contribution < -0.4 is 14.8 Å². The Labute approximate surface area is 162 Å². The number of nitrogens with zero attached hydrogens (tertiary/aromatic N) is 2. The van der Waals surface area contributed by atoms with Crippen LogP contribution in [-0.2, 0) is 4.79 Å². The lowest BCUT2D eigenvalue weighted by atomic mass is 10.1. The standard InChI is InChI=1S/C19H21N3O6/c1-4-27-17-10-5-13(11-16(17)22(25)26)19(24)20-14-6-8-15(9-7-14)28-12-18(23)21(2)3/h5-11H,4,12H2,1-3H3,(H,20,24). The monoisotopic (exact) mass is 387 g/mol. The van der Waals surface area contributed by atoms with Crippen LogP contribution in [0.4, 0.5) is 11.4 Å². The first-order valence-electron chi connectivity index (χ1n) is 8.47. The van der Waals surface area contributed by atoms with E-state index in [1.165, 1.54) is 23.1 Å². The molecule has 0 heterocycles. The number of anilines is 1. The summed E-state index contributed by atoms with van der Waals surface area (Å²) < 4.78 is 10.6. The fourth-order valence-corrected chi connectivity index (χ4v) is 2.19. The van der Waals surface area contributed by atoms with Crippen molar-refractivity contribution < 1.29 is 24.0 Å². The maximum absolute atomic E-state index is 12.4. The summed E-state index contributed by atoms with van der Waals surface area (Å²) in [6.45, 7) is 1.91. The molecule has 2 amide bonds. The highest BCUT2D eigenvalue weighted by Crippen LogP contribution is 2.28. The zero-order chi connectivity index (χ0) is 20.7. The lowest BCUT2D eigenvalue weighted by Gasteiger charge is -2.12. The first kappa shape index (κ1) is 20.7.